The number of anilines is 1. The van der Waals surface area contributed by atoms with E-state index < -0.39 is 0 Å². The molecule has 1 aromatic rings. The molecule has 1 saturated heterocycles. The van der Waals surface area contributed by atoms with Crippen LogP contribution in [0.5, 0.6) is 0 Å². The third-order valence-electron chi connectivity index (χ3n) is 4.25. The highest BCUT2D eigenvalue weighted by atomic mass is 16.2. The Hall–Kier alpha value is -1.35. The van der Waals surface area contributed by atoms with Gasteiger partial charge in [-0.3, -0.25) is 4.79 Å². The van der Waals surface area contributed by atoms with E-state index in [1.807, 2.05) is 19.2 Å². The highest BCUT2D eigenvalue weighted by molar-refractivity contribution is 5.92. The summed E-state index contributed by atoms with van der Waals surface area (Å²) in [6.45, 7) is 6.53. The quantitative estimate of drug-likeness (QED) is 0.894. The predicted octanol–water partition coefficient (Wildman–Crippen LogP) is 3.16. The number of carbonyl (C=O) groups is 1. The molecule has 0 aliphatic carbocycles. The van der Waals surface area contributed by atoms with Crippen LogP contribution in [0.4, 0.5) is 5.69 Å². The van der Waals surface area contributed by atoms with Crippen LogP contribution in [0.3, 0.4) is 0 Å². The third kappa shape index (κ3) is 3.83. The lowest BCUT2D eigenvalue weighted by Crippen LogP contribution is -2.26. The molecular formula is C17H26N2O. The van der Waals surface area contributed by atoms with Crippen LogP contribution in [0, 0.1) is 5.92 Å². The van der Waals surface area contributed by atoms with Crippen LogP contribution < -0.4 is 10.2 Å². The van der Waals surface area contributed by atoms with E-state index in [4.69, 9.17) is 0 Å². The maximum atomic E-state index is 12.2. The first-order valence-corrected chi connectivity index (χ1v) is 7.65. The number of carbonyl (C=O) groups excluding carboxylic acids is 1. The van der Waals surface area contributed by atoms with Gasteiger partial charge in [0.1, 0.15) is 0 Å². The molecule has 1 aliphatic heterocycles. The zero-order valence-electron chi connectivity index (χ0n) is 12.9. The van der Waals surface area contributed by atoms with Crippen molar-refractivity contribution >= 4 is 11.6 Å². The number of hydrogen-bond donors (Lipinski definition) is 1. The minimum absolute atomic E-state index is 0.217. The minimum atomic E-state index is 0.217. The number of amides is 1. The number of nitrogens with one attached hydrogen (secondary N) is 1. The van der Waals surface area contributed by atoms with Gasteiger partial charge in [0.05, 0.1) is 0 Å². The average molecular weight is 274 g/mol. The monoisotopic (exact) mass is 274 g/mol. The van der Waals surface area contributed by atoms with E-state index in [2.05, 4.69) is 31.3 Å². The summed E-state index contributed by atoms with van der Waals surface area (Å²) in [6, 6.07) is 8.32. The predicted molar refractivity (Wildman–Crippen MR) is 84.2 cm³/mol. The van der Waals surface area contributed by atoms with Gasteiger partial charge in [-0.1, -0.05) is 26.0 Å². The number of nitrogens with zero attached hydrogens (tertiary/aromatic N) is 1. The lowest BCUT2D eigenvalue weighted by Gasteiger charge is -2.19. The van der Waals surface area contributed by atoms with Crippen LogP contribution in [0.15, 0.2) is 24.3 Å². The van der Waals surface area contributed by atoms with Crippen LogP contribution in [-0.4, -0.2) is 26.0 Å². The van der Waals surface area contributed by atoms with Crippen molar-refractivity contribution in [2.24, 2.45) is 5.92 Å². The molecule has 20 heavy (non-hydrogen) atoms. The van der Waals surface area contributed by atoms with E-state index in [1.165, 1.54) is 12.0 Å². The van der Waals surface area contributed by atoms with Gasteiger partial charge in [0.2, 0.25) is 5.91 Å². The molecule has 0 bridgehead atoms. The first-order valence-electron chi connectivity index (χ1n) is 7.65. The van der Waals surface area contributed by atoms with Gasteiger partial charge in [-0.15, -0.1) is 0 Å². The van der Waals surface area contributed by atoms with Crippen molar-refractivity contribution in [2.45, 2.75) is 39.0 Å². The van der Waals surface area contributed by atoms with E-state index in [9.17, 15) is 4.79 Å². The molecule has 0 radical (unpaired) electrons. The van der Waals surface area contributed by atoms with Gasteiger partial charge in [0.15, 0.2) is 0 Å². The Morgan fingerprint density at radius 3 is 2.60 bits per heavy atom. The molecule has 3 heteroatoms. The molecule has 1 unspecified atom stereocenters. The summed E-state index contributed by atoms with van der Waals surface area (Å²) in [7, 11) is 1.87. The van der Waals surface area contributed by atoms with Crippen molar-refractivity contribution in [3.8, 4) is 0 Å². The second-order valence-corrected chi connectivity index (χ2v) is 6.10. The maximum Gasteiger partial charge on any atom is 0.226 e. The summed E-state index contributed by atoms with van der Waals surface area (Å²) in [5, 5.41) is 3.35. The highest BCUT2D eigenvalue weighted by Crippen LogP contribution is 2.21. The molecule has 1 heterocycles. The Bertz CT molecular complexity index is 433. The standard InChI is InChI=1S/C17H26N2O/c1-13(2)15-5-7-16(8-6-15)19(3)17(20)9-4-14-10-11-18-12-14/h5-8,13-14,18H,4,9-12H2,1-3H3. The maximum absolute atomic E-state index is 12.2. The van der Waals surface area contributed by atoms with Gasteiger partial charge in [-0.25, -0.2) is 0 Å². The Morgan fingerprint density at radius 2 is 2.05 bits per heavy atom. The van der Waals surface area contributed by atoms with Gasteiger partial charge in [-0.05, 0) is 55.5 Å². The molecule has 1 aromatic carbocycles. The van der Waals surface area contributed by atoms with Gasteiger partial charge in [-0.2, -0.15) is 0 Å². The van der Waals surface area contributed by atoms with Gasteiger partial charge in [0.25, 0.3) is 0 Å². The molecule has 0 spiro atoms. The summed E-state index contributed by atoms with van der Waals surface area (Å²) < 4.78 is 0. The lowest BCUT2D eigenvalue weighted by atomic mass is 10.0. The largest absolute Gasteiger partial charge is 0.316 e. The molecular weight excluding hydrogens is 248 g/mol. The fraction of sp³-hybridized carbons (Fsp3) is 0.588. The minimum Gasteiger partial charge on any atom is -0.316 e. The first-order chi connectivity index (χ1) is 9.58. The first kappa shape index (κ1) is 15.0. The van der Waals surface area contributed by atoms with E-state index in [1.54, 1.807) is 4.90 Å². The van der Waals surface area contributed by atoms with Crippen molar-refractivity contribution in [1.82, 2.24) is 5.32 Å². The summed E-state index contributed by atoms with van der Waals surface area (Å²) in [5.74, 6) is 1.42. The fourth-order valence-corrected chi connectivity index (χ4v) is 2.68. The van der Waals surface area contributed by atoms with Gasteiger partial charge >= 0.3 is 0 Å². The Labute approximate surface area is 122 Å². The van der Waals surface area contributed by atoms with Crippen LogP contribution in [0.1, 0.15) is 44.6 Å². The number of hydrogen-bond acceptors (Lipinski definition) is 2. The van der Waals surface area contributed by atoms with Crippen LogP contribution >= 0.6 is 0 Å². The highest BCUT2D eigenvalue weighted by Gasteiger charge is 2.17. The average Bonchev–Trinajstić information content (AvgIpc) is 2.97. The molecule has 2 rings (SSSR count). The Balaban J connectivity index is 1.88. The molecule has 1 fully saturated rings. The molecule has 110 valence electrons. The number of rotatable bonds is 5. The molecule has 1 aliphatic rings. The summed E-state index contributed by atoms with van der Waals surface area (Å²) >= 11 is 0. The fourth-order valence-electron chi connectivity index (χ4n) is 2.68. The molecule has 0 saturated carbocycles. The van der Waals surface area contributed by atoms with Crippen molar-refractivity contribution < 1.29 is 4.79 Å². The van der Waals surface area contributed by atoms with Gasteiger partial charge < -0.3 is 10.2 Å². The number of benzene rings is 1. The molecule has 1 N–H and O–H groups in total. The van der Waals surface area contributed by atoms with E-state index in [0.717, 1.165) is 25.2 Å². The lowest BCUT2D eigenvalue weighted by molar-refractivity contribution is -0.118. The Kier molecular flexibility index (Phi) is 5.18. The Morgan fingerprint density at radius 1 is 1.35 bits per heavy atom. The second kappa shape index (κ2) is 6.89. The van der Waals surface area contributed by atoms with Crippen LogP contribution in [0.2, 0.25) is 0 Å². The van der Waals surface area contributed by atoms with Crippen molar-refractivity contribution in [3.63, 3.8) is 0 Å². The van der Waals surface area contributed by atoms with E-state index in [-0.39, 0.29) is 5.91 Å². The van der Waals surface area contributed by atoms with Crippen LogP contribution in [-0.2, 0) is 4.79 Å². The normalized spacial score (nSPS) is 18.5. The molecule has 1 atom stereocenters. The summed E-state index contributed by atoms with van der Waals surface area (Å²) in [6.07, 6.45) is 2.86. The topological polar surface area (TPSA) is 32.3 Å². The zero-order valence-corrected chi connectivity index (χ0v) is 12.9. The third-order valence-corrected chi connectivity index (χ3v) is 4.25. The van der Waals surface area contributed by atoms with Crippen molar-refractivity contribution in [3.05, 3.63) is 29.8 Å². The van der Waals surface area contributed by atoms with Crippen molar-refractivity contribution in [1.29, 1.82) is 0 Å². The van der Waals surface area contributed by atoms with Gasteiger partial charge in [0, 0.05) is 19.2 Å². The van der Waals surface area contributed by atoms with E-state index >= 15 is 0 Å². The van der Waals surface area contributed by atoms with Crippen molar-refractivity contribution in [2.75, 3.05) is 25.0 Å². The van der Waals surface area contributed by atoms with Crippen LogP contribution in [0.25, 0.3) is 0 Å². The molecule has 3 nitrogen and oxygen atoms in total. The zero-order chi connectivity index (χ0) is 14.5. The second-order valence-electron chi connectivity index (χ2n) is 6.10. The summed E-state index contributed by atoms with van der Waals surface area (Å²) in [4.78, 5) is 14.0. The van der Waals surface area contributed by atoms with E-state index in [0.29, 0.717) is 18.3 Å². The SMILES string of the molecule is CC(C)c1ccc(N(C)C(=O)CCC2CCNC2)cc1. The smallest absolute Gasteiger partial charge is 0.226 e. The molecule has 0 aromatic heterocycles. The summed E-state index contributed by atoms with van der Waals surface area (Å²) in [5.41, 5.74) is 2.30. The molecule has 1 amide bonds.